The first-order chi connectivity index (χ1) is 3.27. The summed E-state index contributed by atoms with van der Waals surface area (Å²) < 4.78 is 11.4. The first kappa shape index (κ1) is 6.63. The molecule has 0 radical (unpaired) electrons. The minimum Gasteiger partial charge on any atom is -0.361 e. The fourth-order valence-corrected chi connectivity index (χ4v) is 0.248. The van der Waals surface area contributed by atoms with Gasteiger partial charge in [-0.3, -0.25) is 0 Å². The van der Waals surface area contributed by atoms with Crippen molar-refractivity contribution in [2.24, 2.45) is 0 Å². The van der Waals surface area contributed by atoms with Crippen molar-refractivity contribution in [1.29, 1.82) is 0 Å². The number of aliphatic hydroxyl groups excluding tert-OH is 1. The van der Waals surface area contributed by atoms with Crippen LogP contribution >= 0.6 is 0 Å². The van der Waals surface area contributed by atoms with Gasteiger partial charge in [0, 0.05) is 0 Å². The van der Waals surface area contributed by atoms with Gasteiger partial charge in [-0.25, -0.2) is 4.39 Å². The van der Waals surface area contributed by atoms with E-state index in [9.17, 15) is 4.39 Å². The zero-order chi connectivity index (χ0) is 5.70. The Morgan fingerprint density at radius 2 is 2.43 bits per heavy atom. The summed E-state index contributed by atoms with van der Waals surface area (Å²) in [6.07, 6.45) is 1.67. The fourth-order valence-electron chi connectivity index (χ4n) is 0.248. The standard InChI is InChI=1S/C5H9FO/c1-2-3-4-5(6)7/h3-5,7H,2H2,1H3/b4-3+. The van der Waals surface area contributed by atoms with Crippen molar-refractivity contribution in [3.8, 4) is 0 Å². The second kappa shape index (κ2) is 3.81. The summed E-state index contributed by atoms with van der Waals surface area (Å²) in [6.45, 7) is 1.87. The third-order valence-electron chi connectivity index (χ3n) is 0.531. The first-order valence-corrected chi connectivity index (χ1v) is 2.26. The molecule has 42 valence electrons. The molecule has 0 aliphatic heterocycles. The highest BCUT2D eigenvalue weighted by molar-refractivity contribution is 4.81. The second-order valence-electron chi connectivity index (χ2n) is 1.21. The van der Waals surface area contributed by atoms with Crippen LogP contribution in [0, 0.1) is 0 Å². The smallest absolute Gasteiger partial charge is 0.215 e. The van der Waals surface area contributed by atoms with E-state index in [-0.39, 0.29) is 0 Å². The number of alkyl halides is 1. The lowest BCUT2D eigenvalue weighted by Crippen LogP contribution is -1.87. The first-order valence-electron chi connectivity index (χ1n) is 2.26. The summed E-state index contributed by atoms with van der Waals surface area (Å²) in [7, 11) is 0. The molecule has 0 saturated carbocycles. The van der Waals surface area contributed by atoms with Crippen LogP contribution in [0.15, 0.2) is 12.2 Å². The SMILES string of the molecule is CC/C=C/C(O)F. The maximum Gasteiger partial charge on any atom is 0.215 e. The minimum absolute atomic E-state index is 0.765. The predicted octanol–water partition coefficient (Wildman–Crippen LogP) is 1.24. The molecule has 7 heavy (non-hydrogen) atoms. The van der Waals surface area contributed by atoms with Gasteiger partial charge in [0.15, 0.2) is 0 Å². The monoisotopic (exact) mass is 104 g/mol. The third-order valence-corrected chi connectivity index (χ3v) is 0.531. The van der Waals surface area contributed by atoms with Crippen LogP contribution in [0.1, 0.15) is 13.3 Å². The highest BCUT2D eigenvalue weighted by Crippen LogP contribution is 1.87. The normalized spacial score (nSPS) is 15.3. The lowest BCUT2D eigenvalue weighted by molar-refractivity contribution is 0.0881. The van der Waals surface area contributed by atoms with E-state index in [2.05, 4.69) is 0 Å². The van der Waals surface area contributed by atoms with E-state index in [1.165, 1.54) is 0 Å². The number of allylic oxidation sites excluding steroid dienone is 1. The molecule has 1 N–H and O–H groups in total. The fraction of sp³-hybridized carbons (Fsp3) is 0.600. The van der Waals surface area contributed by atoms with Crippen LogP contribution < -0.4 is 0 Å². The van der Waals surface area contributed by atoms with E-state index in [1.54, 1.807) is 6.08 Å². The minimum atomic E-state index is -1.78. The number of halogens is 1. The molecule has 1 atom stereocenters. The molecule has 2 heteroatoms. The Hall–Kier alpha value is -0.370. The number of aliphatic hydroxyl groups is 1. The van der Waals surface area contributed by atoms with Crippen LogP contribution in [-0.2, 0) is 0 Å². The Morgan fingerprint density at radius 3 is 2.57 bits per heavy atom. The van der Waals surface area contributed by atoms with Crippen molar-refractivity contribution in [3.63, 3.8) is 0 Å². The second-order valence-corrected chi connectivity index (χ2v) is 1.21. The van der Waals surface area contributed by atoms with Gasteiger partial charge in [-0.2, -0.15) is 0 Å². The zero-order valence-corrected chi connectivity index (χ0v) is 4.26. The Labute approximate surface area is 42.5 Å². The molecular formula is C5H9FO. The molecule has 0 amide bonds. The zero-order valence-electron chi connectivity index (χ0n) is 4.26. The molecule has 0 heterocycles. The summed E-state index contributed by atoms with van der Waals surface area (Å²) >= 11 is 0. The Morgan fingerprint density at radius 1 is 1.86 bits per heavy atom. The molecule has 0 bridgehead atoms. The van der Waals surface area contributed by atoms with Crippen LogP contribution in [0.5, 0.6) is 0 Å². The lowest BCUT2D eigenvalue weighted by Gasteiger charge is -1.84. The molecular weight excluding hydrogens is 95.1 g/mol. The van der Waals surface area contributed by atoms with E-state index in [0.29, 0.717) is 0 Å². The summed E-state index contributed by atoms with van der Waals surface area (Å²) in [5, 5.41) is 7.93. The molecule has 0 saturated heterocycles. The molecule has 0 aromatic carbocycles. The van der Waals surface area contributed by atoms with E-state index in [0.717, 1.165) is 12.5 Å². The molecule has 0 spiro atoms. The lowest BCUT2D eigenvalue weighted by atomic mass is 10.4. The highest BCUT2D eigenvalue weighted by atomic mass is 19.1. The number of hydrogen-bond donors (Lipinski definition) is 1. The summed E-state index contributed by atoms with van der Waals surface area (Å²) in [5.74, 6) is 0. The predicted molar refractivity (Wildman–Crippen MR) is 26.5 cm³/mol. The molecule has 0 aliphatic carbocycles. The van der Waals surface area contributed by atoms with Crippen molar-refractivity contribution < 1.29 is 9.50 Å². The van der Waals surface area contributed by atoms with E-state index in [1.807, 2.05) is 6.92 Å². The van der Waals surface area contributed by atoms with Crippen molar-refractivity contribution in [2.75, 3.05) is 0 Å². The Kier molecular flexibility index (Phi) is 3.61. The van der Waals surface area contributed by atoms with Crippen LogP contribution in [0.4, 0.5) is 4.39 Å². The van der Waals surface area contributed by atoms with Gasteiger partial charge < -0.3 is 5.11 Å². The summed E-state index contributed by atoms with van der Waals surface area (Å²) in [5.41, 5.74) is 0. The van der Waals surface area contributed by atoms with Gasteiger partial charge in [-0.05, 0) is 12.5 Å². The average Bonchev–Trinajstić information content (AvgIpc) is 1.61. The van der Waals surface area contributed by atoms with Crippen LogP contribution in [0.2, 0.25) is 0 Å². The van der Waals surface area contributed by atoms with Crippen molar-refractivity contribution in [2.45, 2.75) is 19.7 Å². The van der Waals surface area contributed by atoms with Gasteiger partial charge in [0.05, 0.1) is 0 Å². The van der Waals surface area contributed by atoms with Crippen LogP contribution in [0.3, 0.4) is 0 Å². The highest BCUT2D eigenvalue weighted by Gasteiger charge is 1.85. The molecule has 0 fully saturated rings. The maximum absolute atomic E-state index is 11.4. The van der Waals surface area contributed by atoms with E-state index in [4.69, 9.17) is 5.11 Å². The van der Waals surface area contributed by atoms with E-state index >= 15 is 0 Å². The van der Waals surface area contributed by atoms with Gasteiger partial charge in [-0.1, -0.05) is 13.0 Å². The van der Waals surface area contributed by atoms with Gasteiger partial charge in [0.1, 0.15) is 0 Å². The van der Waals surface area contributed by atoms with Crippen molar-refractivity contribution in [1.82, 2.24) is 0 Å². The van der Waals surface area contributed by atoms with Crippen molar-refractivity contribution >= 4 is 0 Å². The van der Waals surface area contributed by atoms with Crippen LogP contribution in [0.25, 0.3) is 0 Å². The van der Waals surface area contributed by atoms with E-state index < -0.39 is 6.36 Å². The van der Waals surface area contributed by atoms with Gasteiger partial charge in [-0.15, -0.1) is 0 Å². The quantitative estimate of drug-likeness (QED) is 0.522. The third kappa shape index (κ3) is 5.63. The molecule has 1 nitrogen and oxygen atoms in total. The van der Waals surface area contributed by atoms with Gasteiger partial charge in [0.2, 0.25) is 6.36 Å². The topological polar surface area (TPSA) is 20.2 Å². The molecule has 0 aromatic heterocycles. The Bertz CT molecular complexity index is 59.1. The molecule has 0 rings (SSSR count). The van der Waals surface area contributed by atoms with Crippen molar-refractivity contribution in [3.05, 3.63) is 12.2 Å². The molecule has 0 aliphatic rings. The maximum atomic E-state index is 11.4. The largest absolute Gasteiger partial charge is 0.361 e. The van der Waals surface area contributed by atoms with Crippen LogP contribution in [-0.4, -0.2) is 11.5 Å². The van der Waals surface area contributed by atoms with Gasteiger partial charge in [0.25, 0.3) is 0 Å². The summed E-state index contributed by atoms with van der Waals surface area (Å²) in [6, 6.07) is 0. The Balaban J connectivity index is 3.08. The average molecular weight is 104 g/mol. The van der Waals surface area contributed by atoms with Gasteiger partial charge >= 0.3 is 0 Å². The molecule has 0 aromatic rings. The number of rotatable bonds is 2. The summed E-state index contributed by atoms with van der Waals surface area (Å²) in [4.78, 5) is 0. The number of hydrogen-bond acceptors (Lipinski definition) is 1. The molecule has 1 unspecified atom stereocenters.